The topological polar surface area (TPSA) is 42.2 Å². The Balaban J connectivity index is 2.77. The molecule has 106 valence electrons. The maximum atomic E-state index is 5.63. The van der Waals surface area contributed by atoms with Gasteiger partial charge in [-0.25, -0.2) is 0 Å². The number of thiocarbonyl (C=S) groups is 1. The van der Waals surface area contributed by atoms with Crippen LogP contribution in [0.3, 0.4) is 0 Å². The van der Waals surface area contributed by atoms with Crippen LogP contribution in [0.4, 0.5) is 0 Å². The first-order valence-corrected chi connectivity index (χ1v) is 7.26. The van der Waals surface area contributed by atoms with Gasteiger partial charge in [0.15, 0.2) is 0 Å². The van der Waals surface area contributed by atoms with E-state index in [0.29, 0.717) is 22.5 Å². The highest BCUT2D eigenvalue weighted by atomic mass is 32.1. The zero-order chi connectivity index (χ0) is 14.4. The van der Waals surface area contributed by atoms with Gasteiger partial charge in [0.2, 0.25) is 0 Å². The van der Waals surface area contributed by atoms with Crippen LogP contribution >= 0.6 is 12.2 Å². The molecule has 0 fully saturated rings. The van der Waals surface area contributed by atoms with E-state index in [2.05, 4.69) is 37.6 Å². The Kier molecular flexibility index (Phi) is 6.38. The minimum absolute atomic E-state index is 0.362. The van der Waals surface area contributed by atoms with Crippen molar-refractivity contribution in [2.45, 2.75) is 34.2 Å². The molecule has 1 heterocycles. The highest BCUT2D eigenvalue weighted by Crippen LogP contribution is 2.11. The molecule has 0 radical (unpaired) electrons. The van der Waals surface area contributed by atoms with Gasteiger partial charge in [-0.05, 0) is 29.5 Å². The molecule has 0 aliphatic heterocycles. The summed E-state index contributed by atoms with van der Waals surface area (Å²) in [5.41, 5.74) is 7.56. The van der Waals surface area contributed by atoms with Crippen molar-refractivity contribution in [1.29, 1.82) is 0 Å². The lowest BCUT2D eigenvalue weighted by Gasteiger charge is -2.26. The molecular formula is C15H25N3S. The standard InChI is InChI=1S/C15H25N3S/c1-11(2)8-18(9-12(3)4)10-13-5-6-17-14(7-13)15(16)19/h5-7,11-12H,8-10H2,1-4H3,(H2,16,19). The summed E-state index contributed by atoms with van der Waals surface area (Å²) in [6.07, 6.45) is 1.78. The van der Waals surface area contributed by atoms with Crippen molar-refractivity contribution in [1.82, 2.24) is 9.88 Å². The monoisotopic (exact) mass is 279 g/mol. The van der Waals surface area contributed by atoms with Gasteiger partial charge in [0.05, 0.1) is 5.69 Å². The van der Waals surface area contributed by atoms with E-state index in [9.17, 15) is 0 Å². The zero-order valence-electron chi connectivity index (χ0n) is 12.4. The molecule has 2 N–H and O–H groups in total. The lowest BCUT2D eigenvalue weighted by Crippen LogP contribution is -2.31. The number of nitrogens with zero attached hydrogens (tertiary/aromatic N) is 2. The summed E-state index contributed by atoms with van der Waals surface area (Å²) >= 11 is 4.98. The fraction of sp³-hybridized carbons (Fsp3) is 0.600. The molecule has 19 heavy (non-hydrogen) atoms. The van der Waals surface area contributed by atoms with E-state index in [0.717, 1.165) is 19.6 Å². The van der Waals surface area contributed by atoms with E-state index in [-0.39, 0.29) is 0 Å². The molecule has 0 aliphatic rings. The van der Waals surface area contributed by atoms with Crippen molar-refractivity contribution < 1.29 is 0 Å². The van der Waals surface area contributed by atoms with Crippen molar-refractivity contribution >= 4 is 17.2 Å². The normalized spacial score (nSPS) is 11.5. The van der Waals surface area contributed by atoms with Gasteiger partial charge in [-0.3, -0.25) is 9.88 Å². The molecule has 0 bridgehead atoms. The number of rotatable bonds is 7. The predicted molar refractivity (Wildman–Crippen MR) is 85.1 cm³/mol. The first-order valence-electron chi connectivity index (χ1n) is 6.85. The second-order valence-electron chi connectivity index (χ2n) is 5.90. The second kappa shape index (κ2) is 7.56. The van der Waals surface area contributed by atoms with Gasteiger partial charge in [0.25, 0.3) is 0 Å². The molecule has 1 rings (SSSR count). The first kappa shape index (κ1) is 16.1. The fourth-order valence-electron chi connectivity index (χ4n) is 2.20. The van der Waals surface area contributed by atoms with Crippen LogP contribution in [0.15, 0.2) is 18.3 Å². The van der Waals surface area contributed by atoms with E-state index in [1.807, 2.05) is 12.1 Å². The largest absolute Gasteiger partial charge is 0.388 e. The van der Waals surface area contributed by atoms with Crippen LogP contribution in [0.1, 0.15) is 39.0 Å². The van der Waals surface area contributed by atoms with E-state index in [4.69, 9.17) is 18.0 Å². The minimum atomic E-state index is 0.362. The Morgan fingerprint density at radius 1 is 1.26 bits per heavy atom. The van der Waals surface area contributed by atoms with Crippen LogP contribution in [0.2, 0.25) is 0 Å². The van der Waals surface area contributed by atoms with Crippen LogP contribution < -0.4 is 5.73 Å². The van der Waals surface area contributed by atoms with Crippen LogP contribution in [0, 0.1) is 11.8 Å². The molecule has 0 saturated heterocycles. The molecule has 1 aromatic heterocycles. The van der Waals surface area contributed by atoms with E-state index >= 15 is 0 Å². The molecule has 0 unspecified atom stereocenters. The molecule has 0 amide bonds. The summed E-state index contributed by atoms with van der Waals surface area (Å²) in [4.78, 5) is 7.03. The van der Waals surface area contributed by atoms with Crippen molar-refractivity contribution in [3.05, 3.63) is 29.6 Å². The van der Waals surface area contributed by atoms with Gasteiger partial charge in [0, 0.05) is 25.8 Å². The Morgan fingerprint density at radius 2 is 1.84 bits per heavy atom. The third-order valence-corrected chi connectivity index (χ3v) is 2.94. The fourth-order valence-corrected chi connectivity index (χ4v) is 2.31. The van der Waals surface area contributed by atoms with Gasteiger partial charge in [-0.15, -0.1) is 0 Å². The summed E-state index contributed by atoms with van der Waals surface area (Å²) in [5.74, 6) is 1.33. The van der Waals surface area contributed by atoms with Gasteiger partial charge >= 0.3 is 0 Å². The van der Waals surface area contributed by atoms with Crippen LogP contribution in [-0.2, 0) is 6.54 Å². The number of aromatic nitrogens is 1. The Morgan fingerprint density at radius 3 is 2.32 bits per heavy atom. The smallest absolute Gasteiger partial charge is 0.122 e. The second-order valence-corrected chi connectivity index (χ2v) is 6.34. The third kappa shape index (κ3) is 6.12. The molecule has 0 spiro atoms. The van der Waals surface area contributed by atoms with Crippen molar-refractivity contribution in [3.63, 3.8) is 0 Å². The molecule has 4 heteroatoms. The van der Waals surface area contributed by atoms with Gasteiger partial charge in [-0.2, -0.15) is 0 Å². The maximum Gasteiger partial charge on any atom is 0.122 e. The minimum Gasteiger partial charge on any atom is -0.388 e. The average molecular weight is 279 g/mol. The summed E-state index contributed by atoms with van der Waals surface area (Å²) < 4.78 is 0. The van der Waals surface area contributed by atoms with Crippen molar-refractivity contribution in [2.24, 2.45) is 17.6 Å². The van der Waals surface area contributed by atoms with Crippen LogP contribution in [0.25, 0.3) is 0 Å². The maximum absolute atomic E-state index is 5.63. The molecule has 0 atom stereocenters. The average Bonchev–Trinajstić information content (AvgIpc) is 2.27. The predicted octanol–water partition coefficient (Wildman–Crippen LogP) is 2.83. The Labute approximate surface area is 122 Å². The number of hydrogen-bond acceptors (Lipinski definition) is 3. The zero-order valence-corrected chi connectivity index (χ0v) is 13.2. The molecule has 3 nitrogen and oxygen atoms in total. The van der Waals surface area contributed by atoms with E-state index in [1.54, 1.807) is 6.20 Å². The Bertz CT molecular complexity index is 406. The van der Waals surface area contributed by atoms with Crippen molar-refractivity contribution in [2.75, 3.05) is 13.1 Å². The quantitative estimate of drug-likeness (QED) is 0.779. The number of hydrogen-bond donors (Lipinski definition) is 1. The molecular weight excluding hydrogens is 254 g/mol. The summed E-state index contributed by atoms with van der Waals surface area (Å²) in [6.45, 7) is 12.1. The molecule has 0 aliphatic carbocycles. The van der Waals surface area contributed by atoms with E-state index < -0.39 is 0 Å². The lowest BCUT2D eigenvalue weighted by molar-refractivity contribution is 0.211. The third-order valence-electron chi connectivity index (χ3n) is 2.73. The first-order chi connectivity index (χ1) is 8.88. The molecule has 0 aromatic carbocycles. The van der Waals surface area contributed by atoms with Crippen molar-refractivity contribution in [3.8, 4) is 0 Å². The SMILES string of the molecule is CC(C)CN(Cc1ccnc(C(N)=S)c1)CC(C)C. The Hall–Kier alpha value is -1.00. The van der Waals surface area contributed by atoms with E-state index in [1.165, 1.54) is 5.56 Å². The summed E-state index contributed by atoms with van der Waals surface area (Å²) in [5, 5.41) is 0. The summed E-state index contributed by atoms with van der Waals surface area (Å²) in [6, 6.07) is 4.03. The molecule has 1 aromatic rings. The highest BCUT2D eigenvalue weighted by molar-refractivity contribution is 7.80. The van der Waals surface area contributed by atoms with Gasteiger partial charge < -0.3 is 5.73 Å². The molecule has 0 saturated carbocycles. The van der Waals surface area contributed by atoms with Gasteiger partial charge in [-0.1, -0.05) is 39.9 Å². The van der Waals surface area contributed by atoms with Crippen LogP contribution in [0.5, 0.6) is 0 Å². The lowest BCUT2D eigenvalue weighted by atomic mass is 10.1. The summed E-state index contributed by atoms with van der Waals surface area (Å²) in [7, 11) is 0. The highest BCUT2D eigenvalue weighted by Gasteiger charge is 2.11. The number of pyridine rings is 1. The number of nitrogens with two attached hydrogens (primary N) is 1. The van der Waals surface area contributed by atoms with Gasteiger partial charge in [0.1, 0.15) is 4.99 Å². The van der Waals surface area contributed by atoms with Crippen LogP contribution in [-0.4, -0.2) is 28.0 Å².